The van der Waals surface area contributed by atoms with Crippen LogP contribution in [0.1, 0.15) is 18.4 Å². The van der Waals surface area contributed by atoms with Gasteiger partial charge in [0, 0.05) is 23.6 Å². The monoisotopic (exact) mass is 282 g/mol. The Morgan fingerprint density at radius 1 is 1.44 bits per heavy atom. The molecule has 0 radical (unpaired) electrons. The Morgan fingerprint density at radius 3 is 3.06 bits per heavy atom. The number of nitrogens with two attached hydrogens (primary N) is 1. The second kappa shape index (κ2) is 5.80. The van der Waals surface area contributed by atoms with E-state index in [0.717, 1.165) is 19.5 Å². The van der Waals surface area contributed by atoms with Crippen molar-refractivity contribution >= 4 is 15.9 Å². The van der Waals surface area contributed by atoms with Gasteiger partial charge in [-0.3, -0.25) is 0 Å². The molecule has 1 fully saturated rings. The van der Waals surface area contributed by atoms with Gasteiger partial charge in [-0.05, 0) is 43.5 Å². The fraction of sp³-hybridized carbons (Fsp3) is 0.538. The molecule has 0 aliphatic carbocycles. The van der Waals surface area contributed by atoms with Crippen LogP contribution in [0.2, 0.25) is 0 Å². The summed E-state index contributed by atoms with van der Waals surface area (Å²) in [4.78, 5) is 2.48. The van der Waals surface area contributed by atoms with Crippen LogP contribution in [0.5, 0.6) is 0 Å². The fourth-order valence-electron chi connectivity index (χ4n) is 2.27. The van der Waals surface area contributed by atoms with E-state index in [0.29, 0.717) is 6.04 Å². The SMILES string of the molecule is NC1CCCN(CCc2cccc(Br)c2)C1. The Kier molecular flexibility index (Phi) is 4.38. The number of nitrogens with zero attached hydrogens (tertiary/aromatic N) is 1. The number of benzene rings is 1. The standard InChI is InChI=1S/C13H19BrN2/c14-12-4-1-3-11(9-12)6-8-16-7-2-5-13(15)10-16/h1,3-4,9,13H,2,5-8,10,15H2. The highest BCUT2D eigenvalue weighted by Crippen LogP contribution is 2.13. The number of hydrogen-bond donors (Lipinski definition) is 1. The molecule has 0 amide bonds. The Bertz CT molecular complexity index is 340. The Labute approximate surface area is 106 Å². The van der Waals surface area contributed by atoms with Crippen molar-refractivity contribution in [1.29, 1.82) is 0 Å². The molecule has 2 nitrogen and oxygen atoms in total. The van der Waals surface area contributed by atoms with Crippen LogP contribution in [0.25, 0.3) is 0 Å². The van der Waals surface area contributed by atoms with Gasteiger partial charge in [0.1, 0.15) is 0 Å². The molecule has 1 saturated heterocycles. The van der Waals surface area contributed by atoms with Gasteiger partial charge in [-0.1, -0.05) is 28.1 Å². The normalized spacial score (nSPS) is 22.2. The first kappa shape index (κ1) is 12.1. The quantitative estimate of drug-likeness (QED) is 0.923. The van der Waals surface area contributed by atoms with Crippen molar-refractivity contribution in [3.63, 3.8) is 0 Å². The number of rotatable bonds is 3. The first-order valence-corrected chi connectivity index (χ1v) is 6.76. The molecule has 2 rings (SSSR count). The lowest BCUT2D eigenvalue weighted by Gasteiger charge is -2.30. The minimum absolute atomic E-state index is 0.385. The van der Waals surface area contributed by atoms with E-state index >= 15 is 0 Å². The molecule has 0 bridgehead atoms. The smallest absolute Gasteiger partial charge is 0.0178 e. The third kappa shape index (κ3) is 3.58. The number of likely N-dealkylation sites (tertiary alicyclic amines) is 1. The van der Waals surface area contributed by atoms with Gasteiger partial charge >= 0.3 is 0 Å². The molecule has 1 heterocycles. The minimum atomic E-state index is 0.385. The van der Waals surface area contributed by atoms with Crippen molar-refractivity contribution in [1.82, 2.24) is 4.90 Å². The molecule has 88 valence electrons. The van der Waals surface area contributed by atoms with E-state index in [-0.39, 0.29) is 0 Å². The molecule has 0 aromatic heterocycles. The van der Waals surface area contributed by atoms with Crippen molar-refractivity contribution in [2.24, 2.45) is 5.73 Å². The third-order valence-electron chi connectivity index (χ3n) is 3.15. The summed E-state index contributed by atoms with van der Waals surface area (Å²) < 4.78 is 1.17. The summed E-state index contributed by atoms with van der Waals surface area (Å²) >= 11 is 3.50. The Morgan fingerprint density at radius 2 is 2.31 bits per heavy atom. The lowest BCUT2D eigenvalue weighted by Crippen LogP contribution is -2.43. The van der Waals surface area contributed by atoms with Crippen LogP contribution in [0.4, 0.5) is 0 Å². The maximum atomic E-state index is 5.97. The summed E-state index contributed by atoms with van der Waals surface area (Å²) in [7, 11) is 0. The molecule has 0 spiro atoms. The van der Waals surface area contributed by atoms with Gasteiger partial charge in [0.05, 0.1) is 0 Å². The van der Waals surface area contributed by atoms with Crippen molar-refractivity contribution in [3.8, 4) is 0 Å². The van der Waals surface area contributed by atoms with Gasteiger partial charge in [0.15, 0.2) is 0 Å². The van der Waals surface area contributed by atoms with E-state index in [4.69, 9.17) is 5.73 Å². The molecule has 0 saturated carbocycles. The van der Waals surface area contributed by atoms with Crippen molar-refractivity contribution in [2.45, 2.75) is 25.3 Å². The maximum absolute atomic E-state index is 5.97. The van der Waals surface area contributed by atoms with Gasteiger partial charge < -0.3 is 10.6 Å². The summed E-state index contributed by atoms with van der Waals surface area (Å²) in [6, 6.07) is 8.94. The molecular weight excluding hydrogens is 264 g/mol. The predicted octanol–water partition coefficient (Wildman–Crippen LogP) is 2.41. The average molecular weight is 283 g/mol. The van der Waals surface area contributed by atoms with Crippen LogP contribution in [-0.4, -0.2) is 30.6 Å². The van der Waals surface area contributed by atoms with Gasteiger partial charge in [-0.2, -0.15) is 0 Å². The van der Waals surface area contributed by atoms with E-state index in [2.05, 4.69) is 45.1 Å². The third-order valence-corrected chi connectivity index (χ3v) is 3.64. The molecule has 1 unspecified atom stereocenters. The molecule has 3 heteroatoms. The number of hydrogen-bond acceptors (Lipinski definition) is 2. The Hall–Kier alpha value is -0.380. The summed E-state index contributed by atoms with van der Waals surface area (Å²) in [6.45, 7) is 3.40. The lowest BCUT2D eigenvalue weighted by atomic mass is 10.1. The van der Waals surface area contributed by atoms with E-state index in [9.17, 15) is 0 Å². The molecular formula is C13H19BrN2. The molecule has 1 aliphatic rings. The minimum Gasteiger partial charge on any atom is -0.327 e. The molecule has 1 aromatic rings. The van der Waals surface area contributed by atoms with E-state index < -0.39 is 0 Å². The van der Waals surface area contributed by atoms with Crippen LogP contribution in [0.15, 0.2) is 28.7 Å². The molecule has 1 atom stereocenters. The molecule has 16 heavy (non-hydrogen) atoms. The predicted molar refractivity (Wildman–Crippen MR) is 71.5 cm³/mol. The average Bonchev–Trinajstić information content (AvgIpc) is 2.27. The van der Waals surface area contributed by atoms with Gasteiger partial charge in [0.2, 0.25) is 0 Å². The maximum Gasteiger partial charge on any atom is 0.0178 e. The first-order chi connectivity index (χ1) is 7.74. The van der Waals surface area contributed by atoms with Crippen molar-refractivity contribution < 1.29 is 0 Å². The second-order valence-corrected chi connectivity index (χ2v) is 5.50. The zero-order valence-electron chi connectivity index (χ0n) is 9.53. The second-order valence-electron chi connectivity index (χ2n) is 4.58. The first-order valence-electron chi connectivity index (χ1n) is 5.96. The van der Waals surface area contributed by atoms with Crippen LogP contribution in [-0.2, 0) is 6.42 Å². The molecule has 1 aromatic carbocycles. The fourth-order valence-corrected chi connectivity index (χ4v) is 2.72. The van der Waals surface area contributed by atoms with Gasteiger partial charge in [-0.15, -0.1) is 0 Å². The summed E-state index contributed by atoms with van der Waals surface area (Å²) in [6.07, 6.45) is 3.55. The van der Waals surface area contributed by atoms with E-state index in [1.165, 1.54) is 29.4 Å². The van der Waals surface area contributed by atoms with E-state index in [1.54, 1.807) is 0 Å². The van der Waals surface area contributed by atoms with Crippen molar-refractivity contribution in [2.75, 3.05) is 19.6 Å². The highest BCUT2D eigenvalue weighted by Gasteiger charge is 2.15. The summed E-state index contributed by atoms with van der Waals surface area (Å²) in [5.41, 5.74) is 7.37. The van der Waals surface area contributed by atoms with E-state index in [1.807, 2.05) is 0 Å². The zero-order chi connectivity index (χ0) is 11.4. The number of halogens is 1. The van der Waals surface area contributed by atoms with Gasteiger partial charge in [-0.25, -0.2) is 0 Å². The van der Waals surface area contributed by atoms with Crippen LogP contribution >= 0.6 is 15.9 Å². The van der Waals surface area contributed by atoms with Crippen LogP contribution in [0, 0.1) is 0 Å². The van der Waals surface area contributed by atoms with Crippen LogP contribution < -0.4 is 5.73 Å². The summed E-state index contributed by atoms with van der Waals surface area (Å²) in [5.74, 6) is 0. The topological polar surface area (TPSA) is 29.3 Å². The largest absolute Gasteiger partial charge is 0.327 e. The Balaban J connectivity index is 1.82. The molecule has 1 aliphatic heterocycles. The van der Waals surface area contributed by atoms with Crippen molar-refractivity contribution in [3.05, 3.63) is 34.3 Å². The number of piperidine rings is 1. The lowest BCUT2D eigenvalue weighted by molar-refractivity contribution is 0.211. The molecule has 2 N–H and O–H groups in total. The zero-order valence-corrected chi connectivity index (χ0v) is 11.1. The highest BCUT2D eigenvalue weighted by atomic mass is 79.9. The van der Waals surface area contributed by atoms with Gasteiger partial charge in [0.25, 0.3) is 0 Å². The van der Waals surface area contributed by atoms with Crippen LogP contribution in [0.3, 0.4) is 0 Å². The highest BCUT2D eigenvalue weighted by molar-refractivity contribution is 9.10. The summed E-state index contributed by atoms with van der Waals surface area (Å²) in [5, 5.41) is 0.